The summed E-state index contributed by atoms with van der Waals surface area (Å²) in [6.45, 7) is 0.726. The van der Waals surface area contributed by atoms with Crippen LogP contribution in [0.3, 0.4) is 0 Å². The molecule has 3 aromatic rings. The fourth-order valence-electron chi connectivity index (χ4n) is 3.84. The molecule has 0 spiro atoms. The Labute approximate surface area is 203 Å². The fourth-order valence-corrected chi connectivity index (χ4v) is 5.35. The molecule has 0 bridgehead atoms. The molecule has 0 saturated carbocycles. The molecule has 10 nitrogen and oxygen atoms in total. The summed E-state index contributed by atoms with van der Waals surface area (Å²) in [4.78, 5) is 25.1. The van der Waals surface area contributed by atoms with Crippen LogP contribution in [0.1, 0.15) is 12.8 Å². The Morgan fingerprint density at radius 1 is 0.971 bits per heavy atom. The summed E-state index contributed by atoms with van der Waals surface area (Å²) in [5, 5.41) is 6.98. The third-order valence-electron chi connectivity index (χ3n) is 5.68. The molecule has 2 heterocycles. The molecule has 0 radical (unpaired) electrons. The van der Waals surface area contributed by atoms with Crippen molar-refractivity contribution >= 4 is 21.6 Å². The van der Waals surface area contributed by atoms with E-state index in [1.54, 1.807) is 24.3 Å². The maximum Gasteiger partial charge on any atom is 0.267 e. The molecule has 0 atom stereocenters. The van der Waals surface area contributed by atoms with E-state index in [0.29, 0.717) is 41.5 Å². The molecule has 4 rings (SSSR count). The second-order valence-electron chi connectivity index (χ2n) is 7.97. The van der Waals surface area contributed by atoms with E-state index in [4.69, 9.17) is 9.47 Å². The van der Waals surface area contributed by atoms with Gasteiger partial charge in [-0.15, -0.1) is 0 Å². The number of benzene rings is 2. The van der Waals surface area contributed by atoms with Crippen LogP contribution in [0.25, 0.3) is 11.3 Å². The van der Waals surface area contributed by atoms with Gasteiger partial charge in [-0.05, 0) is 61.4 Å². The van der Waals surface area contributed by atoms with E-state index in [1.807, 2.05) is 0 Å². The van der Waals surface area contributed by atoms with E-state index in [0.717, 1.165) is 17.5 Å². The van der Waals surface area contributed by atoms with Gasteiger partial charge in [-0.1, -0.05) is 0 Å². The van der Waals surface area contributed by atoms with Gasteiger partial charge in [0.25, 0.3) is 5.56 Å². The third kappa shape index (κ3) is 5.36. The van der Waals surface area contributed by atoms with E-state index >= 15 is 0 Å². The summed E-state index contributed by atoms with van der Waals surface area (Å²) >= 11 is 0. The Morgan fingerprint density at radius 3 is 2.31 bits per heavy atom. The highest BCUT2D eigenvalue weighted by atomic mass is 32.2. The lowest BCUT2D eigenvalue weighted by molar-refractivity contribution is -0.117. The van der Waals surface area contributed by atoms with E-state index in [-0.39, 0.29) is 11.4 Å². The Morgan fingerprint density at radius 2 is 1.66 bits per heavy atom. The van der Waals surface area contributed by atoms with Crippen LogP contribution in [0.5, 0.6) is 11.5 Å². The van der Waals surface area contributed by atoms with Crippen molar-refractivity contribution in [1.82, 2.24) is 14.1 Å². The van der Waals surface area contributed by atoms with Gasteiger partial charge in [0, 0.05) is 30.4 Å². The summed E-state index contributed by atoms with van der Waals surface area (Å²) in [5.74, 6) is 0.597. The van der Waals surface area contributed by atoms with Crippen LogP contribution in [-0.2, 0) is 21.4 Å². The number of methoxy groups -OCH3 is 2. The normalized spacial score (nSPS) is 14.0. The molecular weight excluding hydrogens is 472 g/mol. The molecule has 184 valence electrons. The molecule has 1 saturated heterocycles. The highest BCUT2D eigenvalue weighted by molar-refractivity contribution is 7.89. The maximum absolute atomic E-state index is 12.6. The van der Waals surface area contributed by atoms with Gasteiger partial charge in [0.05, 0.1) is 24.8 Å². The summed E-state index contributed by atoms with van der Waals surface area (Å²) in [7, 11) is -0.472. The predicted molar refractivity (Wildman–Crippen MR) is 130 cm³/mol. The highest BCUT2D eigenvalue weighted by Crippen LogP contribution is 2.31. The van der Waals surface area contributed by atoms with Crippen molar-refractivity contribution in [3.8, 4) is 22.8 Å². The minimum atomic E-state index is -3.53. The second-order valence-corrected chi connectivity index (χ2v) is 9.91. The third-order valence-corrected chi connectivity index (χ3v) is 7.59. The number of hydrogen-bond acceptors (Lipinski definition) is 7. The van der Waals surface area contributed by atoms with Crippen LogP contribution in [0.15, 0.2) is 64.3 Å². The average Bonchev–Trinajstić information content (AvgIpc) is 3.41. The van der Waals surface area contributed by atoms with Crippen LogP contribution < -0.4 is 20.3 Å². The first kappa shape index (κ1) is 24.4. The number of carbonyl (C=O) groups excluding carboxylic acids is 1. The van der Waals surface area contributed by atoms with Crippen molar-refractivity contribution in [3.05, 3.63) is 65.0 Å². The molecule has 1 aliphatic rings. The quantitative estimate of drug-likeness (QED) is 0.506. The number of sulfonamides is 1. The molecular formula is C24H26N4O6S. The number of aromatic nitrogens is 2. The number of amides is 1. The molecule has 1 N–H and O–H groups in total. The van der Waals surface area contributed by atoms with Crippen LogP contribution in [0, 0.1) is 0 Å². The van der Waals surface area contributed by atoms with E-state index < -0.39 is 21.5 Å². The zero-order chi connectivity index (χ0) is 25.0. The number of anilines is 1. The number of rotatable bonds is 8. The van der Waals surface area contributed by atoms with Crippen LogP contribution in [0.2, 0.25) is 0 Å². The Hall–Kier alpha value is -3.70. The molecule has 0 aliphatic carbocycles. The van der Waals surface area contributed by atoms with Crippen molar-refractivity contribution in [1.29, 1.82) is 0 Å². The molecule has 2 aromatic carbocycles. The van der Waals surface area contributed by atoms with Crippen molar-refractivity contribution in [2.75, 3.05) is 32.6 Å². The SMILES string of the molecule is COc1ccc(-c2ccc(=O)n(CC(=O)Nc3ccc(S(=O)(=O)N4CCCC4)cc3)n2)cc1OC. The lowest BCUT2D eigenvalue weighted by Crippen LogP contribution is -2.29. The van der Waals surface area contributed by atoms with Gasteiger partial charge in [0.1, 0.15) is 6.54 Å². The molecule has 1 fully saturated rings. The lowest BCUT2D eigenvalue weighted by atomic mass is 10.1. The van der Waals surface area contributed by atoms with Crippen LogP contribution in [-0.4, -0.2) is 55.7 Å². The maximum atomic E-state index is 12.6. The predicted octanol–water partition coefficient (Wildman–Crippen LogP) is 2.35. The van der Waals surface area contributed by atoms with Crippen molar-refractivity contribution in [2.45, 2.75) is 24.3 Å². The van der Waals surface area contributed by atoms with Crippen LogP contribution >= 0.6 is 0 Å². The average molecular weight is 499 g/mol. The van der Waals surface area contributed by atoms with Gasteiger partial charge in [0.2, 0.25) is 15.9 Å². The first-order valence-electron chi connectivity index (χ1n) is 11.0. The first-order chi connectivity index (χ1) is 16.8. The number of nitrogens with zero attached hydrogens (tertiary/aromatic N) is 3. The monoisotopic (exact) mass is 498 g/mol. The Kier molecular flexibility index (Phi) is 7.17. The molecule has 0 unspecified atom stereocenters. The minimum Gasteiger partial charge on any atom is -0.493 e. The lowest BCUT2D eigenvalue weighted by Gasteiger charge is -2.15. The molecule has 1 amide bonds. The number of hydrogen-bond donors (Lipinski definition) is 1. The zero-order valence-electron chi connectivity index (χ0n) is 19.4. The van der Waals surface area contributed by atoms with Gasteiger partial charge in [-0.25, -0.2) is 13.1 Å². The summed E-state index contributed by atoms with van der Waals surface area (Å²) in [5.41, 5.74) is 1.15. The summed E-state index contributed by atoms with van der Waals surface area (Å²) in [6.07, 6.45) is 1.71. The zero-order valence-corrected chi connectivity index (χ0v) is 20.2. The molecule has 1 aromatic heterocycles. The van der Waals surface area contributed by atoms with Crippen molar-refractivity contribution in [2.24, 2.45) is 0 Å². The molecule has 1 aliphatic heterocycles. The van der Waals surface area contributed by atoms with Gasteiger partial charge < -0.3 is 14.8 Å². The Bertz CT molecular complexity index is 1380. The smallest absolute Gasteiger partial charge is 0.267 e. The largest absolute Gasteiger partial charge is 0.493 e. The van der Waals surface area contributed by atoms with E-state index in [2.05, 4.69) is 10.4 Å². The van der Waals surface area contributed by atoms with Gasteiger partial charge >= 0.3 is 0 Å². The van der Waals surface area contributed by atoms with Gasteiger partial charge in [0.15, 0.2) is 11.5 Å². The fraction of sp³-hybridized carbons (Fsp3) is 0.292. The van der Waals surface area contributed by atoms with E-state index in [1.165, 1.54) is 48.9 Å². The van der Waals surface area contributed by atoms with Crippen molar-refractivity contribution in [3.63, 3.8) is 0 Å². The molecule has 35 heavy (non-hydrogen) atoms. The second kappa shape index (κ2) is 10.3. The van der Waals surface area contributed by atoms with Crippen LogP contribution in [0.4, 0.5) is 5.69 Å². The van der Waals surface area contributed by atoms with Gasteiger partial charge in [-0.3, -0.25) is 9.59 Å². The number of carbonyl (C=O) groups is 1. The minimum absolute atomic E-state index is 0.179. The van der Waals surface area contributed by atoms with Gasteiger partial charge in [-0.2, -0.15) is 9.40 Å². The summed E-state index contributed by atoms with van der Waals surface area (Å²) < 4.78 is 38.4. The van der Waals surface area contributed by atoms with E-state index in [9.17, 15) is 18.0 Å². The van der Waals surface area contributed by atoms with Crippen molar-refractivity contribution < 1.29 is 22.7 Å². The first-order valence-corrected chi connectivity index (χ1v) is 12.5. The summed E-state index contributed by atoms with van der Waals surface area (Å²) in [6, 6.07) is 14.1. The topological polar surface area (TPSA) is 120 Å². The standard InChI is InChI=1S/C24H26N4O6S/c1-33-21-11-5-17(15-22(21)34-2)20-10-12-24(30)28(26-20)16-23(29)25-18-6-8-19(9-7-18)35(31,32)27-13-3-4-14-27/h5-12,15H,3-4,13-14,16H2,1-2H3,(H,25,29). The number of nitrogens with one attached hydrogen (secondary N) is 1. The molecule has 11 heteroatoms. The number of ether oxygens (including phenoxy) is 2. The highest BCUT2D eigenvalue weighted by Gasteiger charge is 2.27. The Balaban J connectivity index is 1.47.